The number of unbranched alkanes of at least 4 members (excludes halogenated alkanes) is 1. The Kier molecular flexibility index (Phi) is 9.21. The summed E-state index contributed by atoms with van der Waals surface area (Å²) in [5, 5.41) is 1.21. The van der Waals surface area contributed by atoms with Gasteiger partial charge in [-0.15, -0.1) is 0 Å². The number of halogens is 5. The minimum atomic E-state index is -3.11. The van der Waals surface area contributed by atoms with E-state index in [0.717, 1.165) is 35.9 Å². The summed E-state index contributed by atoms with van der Waals surface area (Å²) in [4.78, 5) is 0. The van der Waals surface area contributed by atoms with E-state index < -0.39 is 18.2 Å². The van der Waals surface area contributed by atoms with Gasteiger partial charge in [0.15, 0.2) is 11.6 Å². The van der Waals surface area contributed by atoms with Crippen molar-refractivity contribution in [1.29, 1.82) is 0 Å². The van der Waals surface area contributed by atoms with Crippen LogP contribution < -0.4 is 9.47 Å². The Bertz CT molecular complexity index is 1390. The lowest BCUT2D eigenvalue weighted by Gasteiger charge is -2.11. The number of benzene rings is 4. The molecule has 0 radical (unpaired) electrons. The van der Waals surface area contributed by atoms with Crippen LogP contribution in [0.2, 0.25) is 0 Å². The third-order valence-electron chi connectivity index (χ3n) is 6.47. The number of alkyl halides is 2. The van der Waals surface area contributed by atoms with Crippen molar-refractivity contribution < 1.29 is 31.4 Å². The predicted octanol–water partition coefficient (Wildman–Crippen LogP) is 8.61. The normalized spacial score (nSPS) is 11.3. The Morgan fingerprint density at radius 1 is 0.711 bits per heavy atom. The zero-order valence-corrected chi connectivity index (χ0v) is 21.1. The third kappa shape index (κ3) is 7.03. The molecular formula is C31H29F5O2. The molecule has 0 saturated heterocycles. The van der Waals surface area contributed by atoms with Crippen molar-refractivity contribution >= 4 is 10.8 Å². The first-order valence-corrected chi connectivity index (χ1v) is 12.7. The summed E-state index contributed by atoms with van der Waals surface area (Å²) < 4.78 is 78.0. The van der Waals surface area contributed by atoms with Crippen molar-refractivity contribution in [2.75, 3.05) is 6.61 Å². The minimum Gasteiger partial charge on any atom is -0.493 e. The number of aryl methyl sites for hydroxylation is 4. The quantitative estimate of drug-likeness (QED) is 0.135. The van der Waals surface area contributed by atoms with Crippen LogP contribution in [-0.2, 0) is 25.7 Å². The van der Waals surface area contributed by atoms with Crippen LogP contribution in [0.25, 0.3) is 10.8 Å². The molecule has 0 aliphatic heterocycles. The standard InChI is InChI=1S/C31H29F5O2/c1-2-3-16-37-25-13-12-22(27(32)19-25)8-4-20-6-14-26-24(17-20)11-10-23(30(26)34)9-5-21-7-15-29(28(33)18-21)38-31(35)36/h6-7,10-15,17-19,31H,2-5,8-9,16H2,1H3. The van der Waals surface area contributed by atoms with Crippen LogP contribution in [0.1, 0.15) is 42.0 Å². The summed E-state index contributed by atoms with van der Waals surface area (Å²) in [5.74, 6) is -1.53. The van der Waals surface area contributed by atoms with Gasteiger partial charge in [0.2, 0.25) is 0 Å². The summed E-state index contributed by atoms with van der Waals surface area (Å²) in [6.45, 7) is -0.474. The number of ether oxygens (including phenoxy) is 2. The second-order valence-electron chi connectivity index (χ2n) is 9.19. The molecule has 0 amide bonds. The molecule has 4 rings (SSSR count). The van der Waals surface area contributed by atoms with E-state index in [-0.39, 0.29) is 11.6 Å². The molecule has 0 unspecified atom stereocenters. The highest BCUT2D eigenvalue weighted by molar-refractivity contribution is 5.84. The average molecular weight is 529 g/mol. The van der Waals surface area contributed by atoms with E-state index in [1.807, 2.05) is 18.2 Å². The molecule has 0 fully saturated rings. The van der Waals surface area contributed by atoms with Gasteiger partial charge >= 0.3 is 6.61 Å². The lowest BCUT2D eigenvalue weighted by molar-refractivity contribution is -0.0522. The highest BCUT2D eigenvalue weighted by atomic mass is 19.3. The third-order valence-corrected chi connectivity index (χ3v) is 6.47. The molecule has 4 aromatic carbocycles. The Hall–Kier alpha value is -3.61. The maximum atomic E-state index is 15.2. The van der Waals surface area contributed by atoms with Crippen molar-refractivity contribution in [2.45, 2.75) is 52.1 Å². The van der Waals surface area contributed by atoms with Crippen molar-refractivity contribution in [3.05, 3.63) is 106 Å². The van der Waals surface area contributed by atoms with Gasteiger partial charge in [0.25, 0.3) is 0 Å². The molecule has 2 nitrogen and oxygen atoms in total. The fraction of sp³-hybridized carbons (Fsp3) is 0.290. The number of rotatable bonds is 12. The zero-order chi connectivity index (χ0) is 27.1. The van der Waals surface area contributed by atoms with Gasteiger partial charge in [-0.2, -0.15) is 8.78 Å². The van der Waals surface area contributed by atoms with Gasteiger partial charge in [0.05, 0.1) is 6.61 Å². The van der Waals surface area contributed by atoms with Gasteiger partial charge < -0.3 is 9.47 Å². The molecule has 200 valence electrons. The zero-order valence-electron chi connectivity index (χ0n) is 21.1. The number of fused-ring (bicyclic) bond motifs is 1. The molecule has 0 aliphatic rings. The van der Waals surface area contributed by atoms with Gasteiger partial charge in [-0.3, -0.25) is 0 Å². The Morgan fingerprint density at radius 3 is 2.13 bits per heavy atom. The lowest BCUT2D eigenvalue weighted by atomic mass is 9.97. The molecule has 0 atom stereocenters. The Labute approximate surface area is 219 Å². The summed E-state index contributed by atoms with van der Waals surface area (Å²) >= 11 is 0. The monoisotopic (exact) mass is 528 g/mol. The molecule has 0 saturated carbocycles. The molecule has 0 spiro atoms. The van der Waals surface area contributed by atoms with Crippen LogP contribution in [0, 0.1) is 17.5 Å². The van der Waals surface area contributed by atoms with Crippen molar-refractivity contribution in [3.63, 3.8) is 0 Å². The van der Waals surface area contributed by atoms with E-state index >= 15 is 4.39 Å². The van der Waals surface area contributed by atoms with Crippen LogP contribution in [0.3, 0.4) is 0 Å². The molecule has 7 heteroatoms. The summed E-state index contributed by atoms with van der Waals surface area (Å²) in [5.41, 5.74) is 2.59. The highest BCUT2D eigenvalue weighted by Gasteiger charge is 2.13. The molecule has 0 aliphatic carbocycles. The van der Waals surface area contributed by atoms with Gasteiger partial charge in [0.1, 0.15) is 17.4 Å². The first-order chi connectivity index (χ1) is 18.3. The summed E-state index contributed by atoms with van der Waals surface area (Å²) in [7, 11) is 0. The number of hydrogen-bond donors (Lipinski definition) is 0. The molecule has 38 heavy (non-hydrogen) atoms. The molecule has 4 aromatic rings. The summed E-state index contributed by atoms with van der Waals surface area (Å²) in [6.07, 6.45) is 3.68. The van der Waals surface area contributed by atoms with Crippen LogP contribution in [0.5, 0.6) is 11.5 Å². The second-order valence-corrected chi connectivity index (χ2v) is 9.19. The Morgan fingerprint density at radius 2 is 1.42 bits per heavy atom. The smallest absolute Gasteiger partial charge is 0.387 e. The van der Waals surface area contributed by atoms with Crippen molar-refractivity contribution in [1.82, 2.24) is 0 Å². The maximum absolute atomic E-state index is 15.2. The first kappa shape index (κ1) is 27.4. The van der Waals surface area contributed by atoms with E-state index in [4.69, 9.17) is 4.74 Å². The van der Waals surface area contributed by atoms with Crippen LogP contribution in [-0.4, -0.2) is 13.2 Å². The van der Waals surface area contributed by atoms with Gasteiger partial charge in [-0.05, 0) is 77.9 Å². The maximum Gasteiger partial charge on any atom is 0.387 e. The molecule has 0 N–H and O–H groups in total. The van der Waals surface area contributed by atoms with Gasteiger partial charge in [-0.1, -0.05) is 55.8 Å². The highest BCUT2D eigenvalue weighted by Crippen LogP contribution is 2.26. The topological polar surface area (TPSA) is 18.5 Å². The fourth-order valence-corrected chi connectivity index (χ4v) is 4.34. The molecular weight excluding hydrogens is 499 g/mol. The van der Waals surface area contributed by atoms with Gasteiger partial charge in [0, 0.05) is 11.5 Å². The largest absolute Gasteiger partial charge is 0.493 e. The van der Waals surface area contributed by atoms with Crippen LogP contribution in [0.4, 0.5) is 22.0 Å². The van der Waals surface area contributed by atoms with Crippen molar-refractivity contribution in [2.24, 2.45) is 0 Å². The Balaban J connectivity index is 1.39. The molecule has 0 bridgehead atoms. The van der Waals surface area contributed by atoms with E-state index in [2.05, 4.69) is 11.7 Å². The van der Waals surface area contributed by atoms with Crippen LogP contribution >= 0.6 is 0 Å². The SMILES string of the molecule is CCCCOc1ccc(CCc2ccc3c(F)c(CCc4ccc(OC(F)F)c(F)c4)ccc3c2)c(F)c1. The van der Waals surface area contributed by atoms with Gasteiger partial charge in [-0.25, -0.2) is 13.2 Å². The fourth-order valence-electron chi connectivity index (χ4n) is 4.34. The van der Waals surface area contributed by atoms with E-state index in [1.54, 1.807) is 24.3 Å². The predicted molar refractivity (Wildman–Crippen MR) is 139 cm³/mol. The van der Waals surface area contributed by atoms with E-state index in [0.29, 0.717) is 60.1 Å². The van der Waals surface area contributed by atoms with E-state index in [9.17, 15) is 17.6 Å². The molecule has 0 aromatic heterocycles. The molecule has 0 heterocycles. The van der Waals surface area contributed by atoms with Crippen LogP contribution in [0.15, 0.2) is 66.7 Å². The first-order valence-electron chi connectivity index (χ1n) is 12.7. The second kappa shape index (κ2) is 12.8. The lowest BCUT2D eigenvalue weighted by Crippen LogP contribution is -2.04. The van der Waals surface area contributed by atoms with E-state index in [1.165, 1.54) is 12.1 Å². The summed E-state index contributed by atoms with van der Waals surface area (Å²) in [6, 6.07) is 17.7. The average Bonchev–Trinajstić information content (AvgIpc) is 2.89. The minimum absolute atomic E-state index is 0.299. The van der Waals surface area contributed by atoms with Crippen molar-refractivity contribution in [3.8, 4) is 11.5 Å². The number of hydrogen-bond acceptors (Lipinski definition) is 2.